The van der Waals surface area contributed by atoms with Crippen LogP contribution in [-0.4, -0.2) is 44.0 Å². The molecule has 0 bridgehead atoms. The Morgan fingerprint density at radius 2 is 2.00 bits per heavy atom. The Morgan fingerprint density at radius 3 is 2.62 bits per heavy atom. The third kappa shape index (κ3) is 2.55. The van der Waals surface area contributed by atoms with E-state index in [-0.39, 0.29) is 11.7 Å². The first-order valence-corrected chi connectivity index (χ1v) is 7.44. The number of rotatable bonds is 2. The van der Waals surface area contributed by atoms with Gasteiger partial charge in [0.05, 0.1) is 5.75 Å². The molecular weight excluding hydrogens is 228 g/mol. The third-order valence-corrected chi connectivity index (χ3v) is 5.12. The van der Waals surface area contributed by atoms with Crippen LogP contribution in [0.1, 0.15) is 25.7 Å². The van der Waals surface area contributed by atoms with Crippen molar-refractivity contribution < 1.29 is 13.2 Å². The predicted octanol–water partition coefficient (Wildman–Crippen LogP) is -0.0618. The molecule has 0 aliphatic carbocycles. The fourth-order valence-corrected chi connectivity index (χ4v) is 3.88. The van der Waals surface area contributed by atoms with Gasteiger partial charge in [-0.25, -0.2) is 12.7 Å². The molecule has 1 N–H and O–H groups in total. The molecule has 2 aliphatic rings. The van der Waals surface area contributed by atoms with Gasteiger partial charge in [-0.05, 0) is 38.3 Å². The summed E-state index contributed by atoms with van der Waals surface area (Å²) in [5.41, 5.74) is 0. The molecule has 0 saturated carbocycles. The fraction of sp³-hybridized carbons (Fsp3) is 0.900. The van der Waals surface area contributed by atoms with Gasteiger partial charge in [-0.2, -0.15) is 0 Å². The van der Waals surface area contributed by atoms with Crippen LogP contribution in [-0.2, 0) is 14.8 Å². The quantitative estimate of drug-likeness (QED) is 0.741. The van der Waals surface area contributed by atoms with Crippen molar-refractivity contribution in [3.05, 3.63) is 0 Å². The zero-order valence-electron chi connectivity index (χ0n) is 9.31. The molecule has 0 aromatic rings. The van der Waals surface area contributed by atoms with Gasteiger partial charge in [0.2, 0.25) is 15.9 Å². The van der Waals surface area contributed by atoms with Gasteiger partial charge in [-0.3, -0.25) is 4.79 Å². The summed E-state index contributed by atoms with van der Waals surface area (Å²) in [6.07, 6.45) is 2.77. The summed E-state index contributed by atoms with van der Waals surface area (Å²) in [6, 6.07) is 0. The van der Waals surface area contributed by atoms with Gasteiger partial charge in [0.15, 0.2) is 0 Å². The lowest BCUT2D eigenvalue weighted by Crippen LogP contribution is -2.46. The van der Waals surface area contributed by atoms with E-state index in [0.717, 1.165) is 30.2 Å². The van der Waals surface area contributed by atoms with E-state index in [4.69, 9.17) is 0 Å². The second-order valence-electron chi connectivity index (χ2n) is 4.54. The predicted molar refractivity (Wildman–Crippen MR) is 60.3 cm³/mol. The van der Waals surface area contributed by atoms with Crippen LogP contribution < -0.4 is 5.32 Å². The molecule has 2 fully saturated rings. The first-order chi connectivity index (χ1) is 7.59. The molecule has 5 nitrogen and oxygen atoms in total. The van der Waals surface area contributed by atoms with Crippen molar-refractivity contribution in [1.82, 2.24) is 9.62 Å². The molecule has 0 aromatic heterocycles. The van der Waals surface area contributed by atoms with Gasteiger partial charge in [0.1, 0.15) is 0 Å². The molecule has 0 atom stereocenters. The molecule has 1 amide bonds. The molecule has 2 rings (SSSR count). The van der Waals surface area contributed by atoms with Gasteiger partial charge >= 0.3 is 0 Å². The minimum Gasteiger partial charge on any atom is -0.317 e. The van der Waals surface area contributed by atoms with Crippen molar-refractivity contribution in [3.8, 4) is 0 Å². The van der Waals surface area contributed by atoms with E-state index >= 15 is 0 Å². The molecule has 92 valence electrons. The van der Waals surface area contributed by atoms with Gasteiger partial charge in [-0.15, -0.1) is 0 Å². The van der Waals surface area contributed by atoms with E-state index in [1.807, 2.05) is 0 Å². The summed E-state index contributed by atoms with van der Waals surface area (Å²) in [4.78, 5) is 11.6. The fourth-order valence-electron chi connectivity index (χ4n) is 2.31. The smallest absolute Gasteiger partial charge is 0.237 e. The molecule has 2 saturated heterocycles. The zero-order chi connectivity index (χ0) is 11.6. The van der Waals surface area contributed by atoms with Crippen molar-refractivity contribution in [2.75, 3.05) is 25.4 Å². The molecule has 0 aromatic carbocycles. The van der Waals surface area contributed by atoms with Crippen LogP contribution in [0.3, 0.4) is 0 Å². The largest absolute Gasteiger partial charge is 0.317 e. The van der Waals surface area contributed by atoms with Crippen LogP contribution in [0.25, 0.3) is 0 Å². The molecule has 0 unspecified atom stereocenters. The average molecular weight is 246 g/mol. The molecule has 2 aliphatic heterocycles. The maximum Gasteiger partial charge on any atom is 0.237 e. The summed E-state index contributed by atoms with van der Waals surface area (Å²) in [6.45, 7) is 2.24. The number of sulfonamides is 1. The van der Waals surface area contributed by atoms with E-state index in [0.29, 0.717) is 25.3 Å². The highest BCUT2D eigenvalue weighted by atomic mass is 32.2. The number of carbonyl (C=O) groups is 1. The highest BCUT2D eigenvalue weighted by molar-refractivity contribution is 7.89. The Bertz CT molecular complexity index is 360. The lowest BCUT2D eigenvalue weighted by atomic mass is 9.98. The minimum absolute atomic E-state index is 0.129. The van der Waals surface area contributed by atoms with Crippen LogP contribution >= 0.6 is 0 Å². The lowest BCUT2D eigenvalue weighted by molar-refractivity contribution is -0.127. The van der Waals surface area contributed by atoms with Crippen molar-refractivity contribution >= 4 is 15.9 Å². The number of hydrogen-bond acceptors (Lipinski definition) is 4. The summed E-state index contributed by atoms with van der Waals surface area (Å²) in [7, 11) is -3.31. The molecule has 16 heavy (non-hydrogen) atoms. The van der Waals surface area contributed by atoms with E-state index < -0.39 is 10.0 Å². The Labute approximate surface area is 96.2 Å². The van der Waals surface area contributed by atoms with Gasteiger partial charge in [0, 0.05) is 13.0 Å². The Hall–Kier alpha value is -0.620. The molecule has 6 heteroatoms. The highest BCUT2D eigenvalue weighted by Crippen LogP contribution is 2.20. The average Bonchev–Trinajstić information content (AvgIpc) is 2.25. The van der Waals surface area contributed by atoms with Crippen LogP contribution in [0.15, 0.2) is 0 Å². The van der Waals surface area contributed by atoms with E-state index in [1.54, 1.807) is 0 Å². The van der Waals surface area contributed by atoms with Gasteiger partial charge in [-0.1, -0.05) is 0 Å². The second-order valence-corrected chi connectivity index (χ2v) is 6.55. The Morgan fingerprint density at radius 1 is 1.31 bits per heavy atom. The first-order valence-electron chi connectivity index (χ1n) is 5.83. The second kappa shape index (κ2) is 4.71. The van der Waals surface area contributed by atoms with Crippen LogP contribution in [0.5, 0.6) is 0 Å². The van der Waals surface area contributed by atoms with Crippen molar-refractivity contribution in [1.29, 1.82) is 0 Å². The molecule has 2 heterocycles. The monoisotopic (exact) mass is 246 g/mol. The summed E-state index contributed by atoms with van der Waals surface area (Å²) < 4.78 is 24.6. The SMILES string of the molecule is O=C1CCCS(=O)(=O)N1CC1CCNCC1. The summed E-state index contributed by atoms with van der Waals surface area (Å²) in [5.74, 6) is 0.242. The number of hydrogen-bond donors (Lipinski definition) is 1. The Balaban J connectivity index is 2.02. The Kier molecular flexibility index (Phi) is 3.49. The highest BCUT2D eigenvalue weighted by Gasteiger charge is 2.33. The first kappa shape index (κ1) is 11.9. The zero-order valence-corrected chi connectivity index (χ0v) is 10.1. The number of amides is 1. The van der Waals surface area contributed by atoms with Crippen LogP contribution in [0.2, 0.25) is 0 Å². The lowest BCUT2D eigenvalue weighted by Gasteiger charge is -2.31. The standard InChI is InChI=1S/C10H18N2O3S/c13-10-2-1-7-16(14,15)12(10)8-9-3-5-11-6-4-9/h9,11H,1-8H2. The molecule has 0 radical (unpaired) electrons. The number of carbonyl (C=O) groups excluding carboxylic acids is 1. The van der Waals surface area contributed by atoms with Crippen molar-refractivity contribution in [3.63, 3.8) is 0 Å². The maximum absolute atomic E-state index is 11.8. The van der Waals surface area contributed by atoms with E-state index in [9.17, 15) is 13.2 Å². The van der Waals surface area contributed by atoms with E-state index in [1.165, 1.54) is 0 Å². The van der Waals surface area contributed by atoms with Crippen molar-refractivity contribution in [2.45, 2.75) is 25.7 Å². The summed E-state index contributed by atoms with van der Waals surface area (Å²) >= 11 is 0. The normalized spacial score (nSPS) is 27.0. The van der Waals surface area contributed by atoms with Gasteiger partial charge < -0.3 is 5.32 Å². The number of nitrogens with zero attached hydrogens (tertiary/aromatic N) is 1. The topological polar surface area (TPSA) is 66.5 Å². The number of nitrogens with one attached hydrogen (secondary N) is 1. The maximum atomic E-state index is 11.8. The van der Waals surface area contributed by atoms with Crippen LogP contribution in [0.4, 0.5) is 0 Å². The molecule has 0 spiro atoms. The van der Waals surface area contributed by atoms with Crippen molar-refractivity contribution in [2.24, 2.45) is 5.92 Å². The van der Waals surface area contributed by atoms with E-state index in [2.05, 4.69) is 5.32 Å². The van der Waals surface area contributed by atoms with Gasteiger partial charge in [0.25, 0.3) is 0 Å². The summed E-state index contributed by atoms with van der Waals surface area (Å²) in [5, 5.41) is 3.23. The third-order valence-electron chi connectivity index (χ3n) is 3.29. The number of piperidine rings is 1. The van der Waals surface area contributed by atoms with Crippen LogP contribution in [0, 0.1) is 5.92 Å². The molecular formula is C10H18N2O3S. The minimum atomic E-state index is -3.31.